The van der Waals surface area contributed by atoms with Gasteiger partial charge in [-0.3, -0.25) is 4.79 Å². The normalized spacial score (nSPS) is 19.2. The summed E-state index contributed by atoms with van der Waals surface area (Å²) >= 11 is 0. The van der Waals surface area contributed by atoms with E-state index in [0.717, 1.165) is 4.31 Å². The maximum absolute atomic E-state index is 12.6. The van der Waals surface area contributed by atoms with Gasteiger partial charge in [0.25, 0.3) is 5.91 Å². The van der Waals surface area contributed by atoms with E-state index in [4.69, 9.17) is 9.47 Å². The highest BCUT2D eigenvalue weighted by Crippen LogP contribution is 2.33. The van der Waals surface area contributed by atoms with Gasteiger partial charge in [0.15, 0.2) is 11.5 Å². The largest absolute Gasteiger partial charge is 0.482 e. The lowest BCUT2D eigenvalue weighted by atomic mass is 10.1. The van der Waals surface area contributed by atoms with E-state index in [1.807, 2.05) is 6.07 Å². The van der Waals surface area contributed by atoms with Crippen LogP contribution < -0.4 is 14.8 Å². The number of rotatable bonds is 4. The third-order valence-corrected chi connectivity index (χ3v) is 5.79. The van der Waals surface area contributed by atoms with Crippen LogP contribution in [-0.2, 0) is 14.8 Å². The van der Waals surface area contributed by atoms with Gasteiger partial charge in [-0.05, 0) is 37.3 Å². The molecule has 2 aromatic rings. The van der Waals surface area contributed by atoms with Crippen molar-refractivity contribution in [3.8, 4) is 11.5 Å². The number of benzene rings is 2. The molecule has 0 spiro atoms. The lowest BCUT2D eigenvalue weighted by Crippen LogP contribution is -2.46. The number of carbonyl (C=O) groups excluding carboxylic acids is 1. The molecule has 2 atom stereocenters. The third-order valence-electron chi connectivity index (χ3n) is 3.98. The summed E-state index contributed by atoms with van der Waals surface area (Å²) in [6.45, 7) is 1.74. The molecule has 1 amide bonds. The van der Waals surface area contributed by atoms with E-state index in [9.17, 15) is 13.2 Å². The van der Waals surface area contributed by atoms with Gasteiger partial charge in [-0.15, -0.1) is 0 Å². The highest BCUT2D eigenvalue weighted by molar-refractivity contribution is 7.89. The van der Waals surface area contributed by atoms with Crippen molar-refractivity contribution in [2.24, 2.45) is 0 Å². The summed E-state index contributed by atoms with van der Waals surface area (Å²) in [6.07, 6.45) is -1.34. The van der Waals surface area contributed by atoms with Crippen molar-refractivity contribution in [2.45, 2.75) is 24.0 Å². The molecule has 0 saturated heterocycles. The van der Waals surface area contributed by atoms with Crippen LogP contribution in [0.5, 0.6) is 11.5 Å². The minimum absolute atomic E-state index is 0.0968. The SMILES string of the molecule is C[C@H]1Oc2ccccc2O[C@@H]1C(=O)Nc1cccc(S(=O)(=O)N(C)C)c1. The van der Waals surface area contributed by atoms with Gasteiger partial charge in [0.1, 0.15) is 6.10 Å². The Balaban J connectivity index is 1.79. The number of para-hydroxylation sites is 2. The molecule has 2 aromatic carbocycles. The summed E-state index contributed by atoms with van der Waals surface area (Å²) in [4.78, 5) is 12.7. The van der Waals surface area contributed by atoms with Gasteiger partial charge >= 0.3 is 0 Å². The predicted molar refractivity (Wildman–Crippen MR) is 96.9 cm³/mol. The van der Waals surface area contributed by atoms with Crippen LogP contribution >= 0.6 is 0 Å². The maximum Gasteiger partial charge on any atom is 0.269 e. The fourth-order valence-corrected chi connectivity index (χ4v) is 3.51. The summed E-state index contributed by atoms with van der Waals surface area (Å²) in [5.41, 5.74) is 0.368. The van der Waals surface area contributed by atoms with E-state index in [1.165, 1.54) is 26.2 Å². The van der Waals surface area contributed by atoms with Gasteiger partial charge < -0.3 is 14.8 Å². The Bertz CT molecular complexity index is 927. The van der Waals surface area contributed by atoms with Gasteiger partial charge in [-0.2, -0.15) is 0 Å². The standard InChI is InChI=1S/C18H20N2O5S/c1-12-17(25-16-10-5-4-9-15(16)24-12)18(21)19-13-7-6-8-14(11-13)26(22,23)20(2)3/h4-12,17H,1-3H3,(H,19,21)/t12-,17+/m1/s1. The first-order valence-corrected chi connectivity index (χ1v) is 9.49. The first-order chi connectivity index (χ1) is 12.3. The van der Waals surface area contributed by atoms with Gasteiger partial charge in [-0.25, -0.2) is 12.7 Å². The van der Waals surface area contributed by atoms with E-state index < -0.39 is 28.1 Å². The zero-order valence-corrected chi connectivity index (χ0v) is 15.5. The fourth-order valence-electron chi connectivity index (χ4n) is 2.56. The van der Waals surface area contributed by atoms with Crippen molar-refractivity contribution < 1.29 is 22.7 Å². The molecule has 0 unspecified atom stereocenters. The second-order valence-corrected chi connectivity index (χ2v) is 8.26. The Morgan fingerprint density at radius 2 is 1.69 bits per heavy atom. The molecule has 26 heavy (non-hydrogen) atoms. The zero-order valence-electron chi connectivity index (χ0n) is 14.7. The lowest BCUT2D eigenvalue weighted by Gasteiger charge is -2.31. The lowest BCUT2D eigenvalue weighted by molar-refractivity contribution is -0.128. The number of amides is 1. The molecule has 1 aliphatic heterocycles. The molecule has 0 aromatic heterocycles. The summed E-state index contributed by atoms with van der Waals surface area (Å²) in [5.74, 6) is 0.671. The van der Waals surface area contributed by atoms with Gasteiger partial charge in [0.2, 0.25) is 16.1 Å². The third kappa shape index (κ3) is 3.51. The Morgan fingerprint density at radius 3 is 2.35 bits per heavy atom. The number of anilines is 1. The van der Waals surface area contributed by atoms with Crippen LogP contribution in [0.3, 0.4) is 0 Å². The monoisotopic (exact) mass is 376 g/mol. The van der Waals surface area contributed by atoms with Crippen molar-refractivity contribution >= 4 is 21.6 Å². The molecule has 1 N–H and O–H groups in total. The van der Waals surface area contributed by atoms with Crippen molar-refractivity contribution in [1.82, 2.24) is 4.31 Å². The van der Waals surface area contributed by atoms with Crippen LogP contribution in [0.2, 0.25) is 0 Å². The van der Waals surface area contributed by atoms with Gasteiger partial charge in [0.05, 0.1) is 4.90 Å². The van der Waals surface area contributed by atoms with Crippen LogP contribution in [-0.4, -0.2) is 44.9 Å². The van der Waals surface area contributed by atoms with Crippen LogP contribution in [0.1, 0.15) is 6.92 Å². The highest BCUT2D eigenvalue weighted by Gasteiger charge is 2.34. The van der Waals surface area contributed by atoms with E-state index in [2.05, 4.69) is 5.32 Å². The molecule has 138 valence electrons. The fraction of sp³-hybridized carbons (Fsp3) is 0.278. The number of nitrogens with zero attached hydrogens (tertiary/aromatic N) is 1. The first-order valence-electron chi connectivity index (χ1n) is 8.05. The van der Waals surface area contributed by atoms with E-state index >= 15 is 0 Å². The Labute approximate surface area is 152 Å². The molecule has 3 rings (SSSR count). The second kappa shape index (κ2) is 6.97. The predicted octanol–water partition coefficient (Wildman–Crippen LogP) is 2.10. The second-order valence-electron chi connectivity index (χ2n) is 6.11. The minimum atomic E-state index is -3.58. The van der Waals surface area contributed by atoms with Crippen LogP contribution in [0, 0.1) is 0 Å². The van der Waals surface area contributed by atoms with E-state index in [0.29, 0.717) is 17.2 Å². The molecule has 0 bridgehead atoms. The molecule has 7 nitrogen and oxygen atoms in total. The van der Waals surface area contributed by atoms with Crippen LogP contribution in [0.25, 0.3) is 0 Å². The smallest absolute Gasteiger partial charge is 0.269 e. The van der Waals surface area contributed by atoms with Crippen LogP contribution in [0.15, 0.2) is 53.4 Å². The molecule has 1 heterocycles. The topological polar surface area (TPSA) is 84.9 Å². The quantitative estimate of drug-likeness (QED) is 0.883. The molecule has 0 saturated carbocycles. The number of sulfonamides is 1. The number of fused-ring (bicyclic) bond motifs is 1. The average Bonchev–Trinajstić information content (AvgIpc) is 2.61. The summed E-state index contributed by atoms with van der Waals surface area (Å²) in [5, 5.41) is 2.70. The summed E-state index contributed by atoms with van der Waals surface area (Å²) < 4.78 is 37.0. The highest BCUT2D eigenvalue weighted by atomic mass is 32.2. The van der Waals surface area contributed by atoms with E-state index in [-0.39, 0.29) is 4.90 Å². The molecular formula is C18H20N2O5S. The van der Waals surface area contributed by atoms with Gasteiger partial charge in [0, 0.05) is 19.8 Å². The van der Waals surface area contributed by atoms with Crippen LogP contribution in [0.4, 0.5) is 5.69 Å². The van der Waals surface area contributed by atoms with Crippen molar-refractivity contribution in [2.75, 3.05) is 19.4 Å². The van der Waals surface area contributed by atoms with Crippen molar-refractivity contribution in [1.29, 1.82) is 0 Å². The Hall–Kier alpha value is -2.58. The summed E-state index contributed by atoms with van der Waals surface area (Å²) in [7, 11) is -0.682. The molecule has 0 radical (unpaired) electrons. The van der Waals surface area contributed by atoms with Crippen molar-refractivity contribution in [3.05, 3.63) is 48.5 Å². The van der Waals surface area contributed by atoms with Gasteiger partial charge in [-0.1, -0.05) is 18.2 Å². The minimum Gasteiger partial charge on any atom is -0.482 e. The molecule has 0 aliphatic carbocycles. The summed E-state index contributed by atoms with van der Waals surface area (Å²) in [6, 6.07) is 13.2. The number of hydrogen-bond acceptors (Lipinski definition) is 5. The maximum atomic E-state index is 12.6. The number of hydrogen-bond donors (Lipinski definition) is 1. The molecular weight excluding hydrogens is 356 g/mol. The Morgan fingerprint density at radius 1 is 1.04 bits per heavy atom. The molecule has 8 heteroatoms. The average molecular weight is 376 g/mol. The number of nitrogens with one attached hydrogen (secondary N) is 1. The van der Waals surface area contributed by atoms with Crippen molar-refractivity contribution in [3.63, 3.8) is 0 Å². The molecule has 1 aliphatic rings. The number of ether oxygens (including phenoxy) is 2. The zero-order chi connectivity index (χ0) is 18.9. The first kappa shape index (κ1) is 18.2. The number of carbonyl (C=O) groups is 1. The van der Waals surface area contributed by atoms with E-state index in [1.54, 1.807) is 37.3 Å². The Kier molecular flexibility index (Phi) is 4.88. The molecule has 0 fully saturated rings.